The standard InChI is InChI=1S/C18H28BrN/c1-13(14-8-7-9-15(19)12-14)20-17-11-6-5-10-16(17)18(2,3)4/h7-9,12-13,16-17,20H,5-6,10-11H2,1-4H3/t13-,16?,17?/m0/s1. The Bertz CT molecular complexity index is 435. The summed E-state index contributed by atoms with van der Waals surface area (Å²) < 4.78 is 1.17. The number of hydrogen-bond acceptors (Lipinski definition) is 1. The lowest BCUT2D eigenvalue weighted by molar-refractivity contribution is 0.124. The van der Waals surface area contributed by atoms with E-state index in [1.54, 1.807) is 0 Å². The topological polar surface area (TPSA) is 12.0 Å². The molecule has 1 aromatic carbocycles. The molecule has 0 saturated heterocycles. The molecule has 1 nitrogen and oxygen atoms in total. The highest BCUT2D eigenvalue weighted by Gasteiger charge is 2.34. The first-order valence-electron chi connectivity index (χ1n) is 7.89. The van der Waals surface area contributed by atoms with E-state index in [1.807, 2.05) is 0 Å². The molecule has 2 unspecified atom stereocenters. The van der Waals surface area contributed by atoms with Gasteiger partial charge in [-0.2, -0.15) is 0 Å². The molecule has 1 aliphatic carbocycles. The predicted molar refractivity (Wildman–Crippen MR) is 90.9 cm³/mol. The number of nitrogens with one attached hydrogen (secondary N) is 1. The van der Waals surface area contributed by atoms with Crippen LogP contribution in [0.2, 0.25) is 0 Å². The summed E-state index contributed by atoms with van der Waals surface area (Å²) in [7, 11) is 0. The van der Waals surface area contributed by atoms with Crippen molar-refractivity contribution in [3.05, 3.63) is 34.3 Å². The summed E-state index contributed by atoms with van der Waals surface area (Å²) in [5.41, 5.74) is 1.77. The summed E-state index contributed by atoms with van der Waals surface area (Å²) in [6.45, 7) is 9.46. The minimum absolute atomic E-state index is 0.398. The van der Waals surface area contributed by atoms with Crippen LogP contribution in [-0.2, 0) is 0 Å². The molecule has 0 bridgehead atoms. The van der Waals surface area contributed by atoms with Crippen molar-refractivity contribution < 1.29 is 0 Å². The van der Waals surface area contributed by atoms with Crippen molar-refractivity contribution in [1.82, 2.24) is 5.32 Å². The number of halogens is 1. The largest absolute Gasteiger partial charge is 0.307 e. The van der Waals surface area contributed by atoms with Crippen LogP contribution in [0, 0.1) is 11.3 Å². The van der Waals surface area contributed by atoms with Gasteiger partial charge in [-0.15, -0.1) is 0 Å². The molecule has 0 amide bonds. The Hall–Kier alpha value is -0.340. The van der Waals surface area contributed by atoms with Gasteiger partial charge >= 0.3 is 0 Å². The van der Waals surface area contributed by atoms with Crippen LogP contribution in [0.15, 0.2) is 28.7 Å². The van der Waals surface area contributed by atoms with Crippen LogP contribution in [0.25, 0.3) is 0 Å². The van der Waals surface area contributed by atoms with Gasteiger partial charge in [-0.1, -0.05) is 61.7 Å². The van der Waals surface area contributed by atoms with E-state index < -0.39 is 0 Å². The van der Waals surface area contributed by atoms with E-state index in [0.29, 0.717) is 17.5 Å². The van der Waals surface area contributed by atoms with Gasteiger partial charge in [0, 0.05) is 16.6 Å². The summed E-state index contributed by atoms with van der Waals surface area (Å²) in [6.07, 6.45) is 5.45. The van der Waals surface area contributed by atoms with Crippen molar-refractivity contribution in [2.24, 2.45) is 11.3 Å². The first-order valence-corrected chi connectivity index (χ1v) is 8.69. The van der Waals surface area contributed by atoms with Crippen molar-refractivity contribution in [3.8, 4) is 0 Å². The van der Waals surface area contributed by atoms with Crippen LogP contribution >= 0.6 is 15.9 Å². The highest BCUT2D eigenvalue weighted by molar-refractivity contribution is 9.10. The zero-order valence-corrected chi connectivity index (χ0v) is 14.8. The lowest BCUT2D eigenvalue weighted by atomic mass is 9.69. The molecule has 1 N–H and O–H groups in total. The molecule has 1 aliphatic rings. The lowest BCUT2D eigenvalue weighted by Gasteiger charge is -2.42. The maximum atomic E-state index is 3.90. The van der Waals surface area contributed by atoms with Gasteiger partial charge in [-0.05, 0) is 48.8 Å². The van der Waals surface area contributed by atoms with Crippen molar-refractivity contribution in [3.63, 3.8) is 0 Å². The normalized spacial score (nSPS) is 25.4. The summed E-state index contributed by atoms with van der Waals surface area (Å²) >= 11 is 3.57. The predicted octanol–water partition coefficient (Wildman–Crippen LogP) is 5.70. The Morgan fingerprint density at radius 3 is 2.55 bits per heavy atom. The third kappa shape index (κ3) is 4.08. The Morgan fingerprint density at radius 1 is 1.20 bits per heavy atom. The molecule has 1 aromatic rings. The van der Waals surface area contributed by atoms with Gasteiger partial charge in [0.2, 0.25) is 0 Å². The van der Waals surface area contributed by atoms with Crippen LogP contribution in [0.5, 0.6) is 0 Å². The second-order valence-corrected chi connectivity index (χ2v) is 8.22. The molecular weight excluding hydrogens is 310 g/mol. The zero-order valence-electron chi connectivity index (χ0n) is 13.2. The van der Waals surface area contributed by atoms with Gasteiger partial charge < -0.3 is 5.32 Å². The molecule has 2 rings (SSSR count). The number of hydrogen-bond donors (Lipinski definition) is 1. The molecule has 0 radical (unpaired) electrons. The second-order valence-electron chi connectivity index (χ2n) is 7.31. The van der Waals surface area contributed by atoms with E-state index in [-0.39, 0.29) is 0 Å². The van der Waals surface area contributed by atoms with Gasteiger partial charge in [0.15, 0.2) is 0 Å². The fraction of sp³-hybridized carbons (Fsp3) is 0.667. The molecule has 0 spiro atoms. The van der Waals surface area contributed by atoms with Crippen molar-refractivity contribution in [2.45, 2.75) is 65.5 Å². The van der Waals surface area contributed by atoms with Gasteiger partial charge in [-0.3, -0.25) is 0 Å². The van der Waals surface area contributed by atoms with Crippen LogP contribution in [0.1, 0.15) is 65.0 Å². The van der Waals surface area contributed by atoms with Crippen LogP contribution in [0.4, 0.5) is 0 Å². The van der Waals surface area contributed by atoms with Gasteiger partial charge in [0.25, 0.3) is 0 Å². The summed E-state index contributed by atoms with van der Waals surface area (Å²) in [5, 5.41) is 3.90. The van der Waals surface area contributed by atoms with E-state index in [1.165, 1.54) is 35.7 Å². The third-order valence-electron chi connectivity index (χ3n) is 4.69. The van der Waals surface area contributed by atoms with Gasteiger partial charge in [0.05, 0.1) is 0 Å². The van der Waals surface area contributed by atoms with E-state index in [0.717, 1.165) is 5.92 Å². The molecule has 0 aromatic heterocycles. The Kier molecular flexibility index (Phi) is 5.30. The Morgan fingerprint density at radius 2 is 1.90 bits per heavy atom. The summed E-state index contributed by atoms with van der Waals surface area (Å²) in [6, 6.07) is 9.73. The van der Waals surface area contributed by atoms with Crippen LogP contribution < -0.4 is 5.32 Å². The summed E-state index contributed by atoms with van der Waals surface area (Å²) in [5.74, 6) is 0.783. The van der Waals surface area contributed by atoms with Crippen molar-refractivity contribution in [1.29, 1.82) is 0 Å². The highest BCUT2D eigenvalue weighted by Crippen LogP contribution is 2.38. The smallest absolute Gasteiger partial charge is 0.0294 e. The van der Waals surface area contributed by atoms with E-state index in [2.05, 4.69) is 73.2 Å². The third-order valence-corrected chi connectivity index (χ3v) is 5.18. The van der Waals surface area contributed by atoms with E-state index in [4.69, 9.17) is 0 Å². The molecule has 112 valence electrons. The Balaban J connectivity index is 2.07. The minimum atomic E-state index is 0.398. The average Bonchev–Trinajstić information content (AvgIpc) is 2.38. The second kappa shape index (κ2) is 6.62. The number of benzene rings is 1. The molecule has 1 fully saturated rings. The lowest BCUT2D eigenvalue weighted by Crippen LogP contribution is -2.45. The van der Waals surface area contributed by atoms with E-state index in [9.17, 15) is 0 Å². The molecule has 0 aliphatic heterocycles. The minimum Gasteiger partial charge on any atom is -0.307 e. The van der Waals surface area contributed by atoms with Crippen molar-refractivity contribution in [2.75, 3.05) is 0 Å². The first-order chi connectivity index (χ1) is 9.38. The van der Waals surface area contributed by atoms with Crippen molar-refractivity contribution >= 4 is 15.9 Å². The first kappa shape index (κ1) is 16.0. The highest BCUT2D eigenvalue weighted by atomic mass is 79.9. The fourth-order valence-electron chi connectivity index (χ4n) is 3.56. The fourth-order valence-corrected chi connectivity index (χ4v) is 3.98. The average molecular weight is 338 g/mol. The SMILES string of the molecule is C[C@H](NC1CCCCC1C(C)(C)C)c1cccc(Br)c1. The molecule has 1 saturated carbocycles. The molecule has 0 heterocycles. The van der Waals surface area contributed by atoms with Gasteiger partial charge in [-0.25, -0.2) is 0 Å². The Labute approximate surface area is 132 Å². The molecular formula is C18H28BrN. The number of rotatable bonds is 3. The van der Waals surface area contributed by atoms with Crippen LogP contribution in [-0.4, -0.2) is 6.04 Å². The van der Waals surface area contributed by atoms with E-state index >= 15 is 0 Å². The molecule has 2 heteroatoms. The monoisotopic (exact) mass is 337 g/mol. The maximum Gasteiger partial charge on any atom is 0.0294 e. The zero-order chi connectivity index (χ0) is 14.8. The molecule has 3 atom stereocenters. The maximum absolute atomic E-state index is 3.90. The van der Waals surface area contributed by atoms with Crippen LogP contribution in [0.3, 0.4) is 0 Å². The molecule has 20 heavy (non-hydrogen) atoms. The summed E-state index contributed by atoms with van der Waals surface area (Å²) in [4.78, 5) is 0. The quantitative estimate of drug-likeness (QED) is 0.745. The van der Waals surface area contributed by atoms with Gasteiger partial charge in [0.1, 0.15) is 0 Å².